The third-order valence-corrected chi connectivity index (χ3v) is 3.37. The Bertz CT molecular complexity index is 800. The lowest BCUT2D eigenvalue weighted by Gasteiger charge is -2.07. The largest absolute Gasteiger partial charge is 0.350 e. The van der Waals surface area contributed by atoms with Gasteiger partial charge in [-0.05, 0) is 30.3 Å². The maximum Gasteiger partial charge on any atom is 0.292 e. The highest BCUT2D eigenvalue weighted by atomic mass is 79.9. The molecule has 6 nitrogen and oxygen atoms in total. The summed E-state index contributed by atoms with van der Waals surface area (Å²) in [5.41, 5.74) is 2.08. The summed E-state index contributed by atoms with van der Waals surface area (Å²) in [5, 5.41) is 21.9. The van der Waals surface area contributed by atoms with Gasteiger partial charge in [-0.3, -0.25) is 15.2 Å². The second kappa shape index (κ2) is 4.93. The van der Waals surface area contributed by atoms with Crippen molar-refractivity contribution in [1.29, 1.82) is 0 Å². The van der Waals surface area contributed by atoms with Gasteiger partial charge in [-0.2, -0.15) is 5.10 Å². The van der Waals surface area contributed by atoms with Gasteiger partial charge in [0.05, 0.1) is 16.6 Å². The van der Waals surface area contributed by atoms with Gasteiger partial charge in [0.25, 0.3) is 5.69 Å². The van der Waals surface area contributed by atoms with Gasteiger partial charge in [-0.25, -0.2) is 0 Å². The van der Waals surface area contributed by atoms with Gasteiger partial charge >= 0.3 is 0 Å². The summed E-state index contributed by atoms with van der Waals surface area (Å²) in [7, 11) is 0. The Morgan fingerprint density at radius 1 is 1.25 bits per heavy atom. The van der Waals surface area contributed by atoms with Crippen LogP contribution in [0.4, 0.5) is 17.1 Å². The second-order valence-electron chi connectivity index (χ2n) is 4.22. The predicted octanol–water partition coefficient (Wildman–Crippen LogP) is 3.98. The fourth-order valence-corrected chi connectivity index (χ4v) is 2.30. The molecule has 2 aromatic carbocycles. The van der Waals surface area contributed by atoms with E-state index in [4.69, 9.17) is 0 Å². The van der Waals surface area contributed by atoms with Crippen molar-refractivity contribution in [1.82, 2.24) is 10.2 Å². The number of nitro groups is 1. The molecule has 0 unspecified atom stereocenters. The number of anilines is 2. The molecule has 7 heteroatoms. The third-order valence-electron chi connectivity index (χ3n) is 2.88. The van der Waals surface area contributed by atoms with Crippen molar-refractivity contribution < 1.29 is 4.92 Å². The van der Waals surface area contributed by atoms with Crippen LogP contribution in [0.5, 0.6) is 0 Å². The quantitative estimate of drug-likeness (QED) is 0.561. The van der Waals surface area contributed by atoms with Crippen molar-refractivity contribution in [3.8, 4) is 0 Å². The molecule has 3 rings (SSSR count). The van der Waals surface area contributed by atoms with Gasteiger partial charge in [-0.15, -0.1) is 0 Å². The number of nitro benzene ring substituents is 1. The first-order valence-electron chi connectivity index (χ1n) is 5.77. The van der Waals surface area contributed by atoms with Crippen molar-refractivity contribution in [3.63, 3.8) is 0 Å². The Morgan fingerprint density at radius 2 is 2.10 bits per heavy atom. The molecule has 3 aromatic rings. The second-order valence-corrected chi connectivity index (χ2v) is 5.13. The van der Waals surface area contributed by atoms with Crippen molar-refractivity contribution in [2.24, 2.45) is 0 Å². The highest BCUT2D eigenvalue weighted by Crippen LogP contribution is 2.31. The number of benzene rings is 2. The Labute approximate surface area is 122 Å². The Hall–Kier alpha value is -2.41. The summed E-state index contributed by atoms with van der Waals surface area (Å²) < 4.78 is 0.771. The highest BCUT2D eigenvalue weighted by molar-refractivity contribution is 9.10. The van der Waals surface area contributed by atoms with Crippen molar-refractivity contribution >= 4 is 43.9 Å². The van der Waals surface area contributed by atoms with Gasteiger partial charge in [0, 0.05) is 21.6 Å². The lowest BCUT2D eigenvalue weighted by Crippen LogP contribution is -1.97. The summed E-state index contributed by atoms with van der Waals surface area (Å²) >= 11 is 3.31. The van der Waals surface area contributed by atoms with E-state index in [0.29, 0.717) is 5.69 Å². The molecule has 0 bridgehead atoms. The molecular weight excluding hydrogens is 324 g/mol. The molecule has 1 aromatic heterocycles. The maximum atomic E-state index is 11.0. The minimum atomic E-state index is -0.413. The van der Waals surface area contributed by atoms with Gasteiger partial charge in [0.2, 0.25) is 0 Å². The van der Waals surface area contributed by atoms with Crippen LogP contribution in [0, 0.1) is 10.1 Å². The molecule has 0 atom stereocenters. The molecule has 0 aliphatic heterocycles. The van der Waals surface area contributed by atoms with E-state index in [1.807, 2.05) is 18.2 Å². The molecule has 0 saturated carbocycles. The minimum Gasteiger partial charge on any atom is -0.350 e. The number of rotatable bonds is 3. The molecule has 0 spiro atoms. The normalized spacial score (nSPS) is 10.7. The van der Waals surface area contributed by atoms with Crippen LogP contribution >= 0.6 is 15.9 Å². The molecule has 1 heterocycles. The van der Waals surface area contributed by atoms with E-state index < -0.39 is 4.92 Å². The SMILES string of the molecule is O=[N+]([O-])c1ccc(Br)cc1Nc1ccc2cn[nH]c2c1. The molecule has 100 valence electrons. The van der Waals surface area contributed by atoms with Gasteiger partial charge in [0.1, 0.15) is 5.69 Å². The zero-order chi connectivity index (χ0) is 14.1. The lowest BCUT2D eigenvalue weighted by molar-refractivity contribution is -0.383. The average Bonchev–Trinajstić information content (AvgIpc) is 2.85. The van der Waals surface area contributed by atoms with E-state index in [1.165, 1.54) is 6.07 Å². The number of aromatic nitrogens is 2. The monoisotopic (exact) mass is 332 g/mol. The van der Waals surface area contributed by atoms with Crippen LogP contribution in [0.25, 0.3) is 10.9 Å². The van der Waals surface area contributed by atoms with E-state index >= 15 is 0 Å². The highest BCUT2D eigenvalue weighted by Gasteiger charge is 2.14. The standard InChI is InChI=1S/C13H9BrN4O2/c14-9-2-4-13(18(19)20)12(5-9)16-10-3-1-8-7-15-17-11(8)6-10/h1-7,16H,(H,15,17). The smallest absolute Gasteiger partial charge is 0.292 e. The van der Waals surface area contributed by atoms with E-state index in [-0.39, 0.29) is 5.69 Å². The zero-order valence-corrected chi connectivity index (χ0v) is 11.7. The first kappa shape index (κ1) is 12.6. The number of halogens is 1. The number of hydrogen-bond acceptors (Lipinski definition) is 4. The van der Waals surface area contributed by atoms with Gasteiger partial charge in [-0.1, -0.05) is 15.9 Å². The van der Waals surface area contributed by atoms with Crippen LogP contribution in [0.15, 0.2) is 47.1 Å². The van der Waals surface area contributed by atoms with E-state index in [2.05, 4.69) is 31.4 Å². The number of nitrogens with zero attached hydrogens (tertiary/aromatic N) is 2. The number of nitrogens with one attached hydrogen (secondary N) is 2. The first-order valence-corrected chi connectivity index (χ1v) is 6.57. The lowest BCUT2D eigenvalue weighted by atomic mass is 10.2. The van der Waals surface area contributed by atoms with E-state index in [1.54, 1.807) is 18.3 Å². The Balaban J connectivity index is 2.01. The van der Waals surface area contributed by atoms with Gasteiger partial charge in [0.15, 0.2) is 0 Å². The molecule has 0 amide bonds. The first-order chi connectivity index (χ1) is 9.63. The molecule has 0 aliphatic carbocycles. The van der Waals surface area contributed by atoms with Crippen LogP contribution in [0.1, 0.15) is 0 Å². The average molecular weight is 333 g/mol. The molecule has 0 saturated heterocycles. The predicted molar refractivity (Wildman–Crippen MR) is 80.2 cm³/mol. The van der Waals surface area contributed by atoms with Crippen LogP contribution in [0.2, 0.25) is 0 Å². The maximum absolute atomic E-state index is 11.0. The molecule has 0 radical (unpaired) electrons. The number of hydrogen-bond donors (Lipinski definition) is 2. The molecule has 2 N–H and O–H groups in total. The number of fused-ring (bicyclic) bond motifs is 1. The molecule has 20 heavy (non-hydrogen) atoms. The van der Waals surface area contributed by atoms with Gasteiger partial charge < -0.3 is 5.32 Å². The van der Waals surface area contributed by atoms with Crippen LogP contribution in [-0.2, 0) is 0 Å². The van der Waals surface area contributed by atoms with Crippen LogP contribution in [-0.4, -0.2) is 15.1 Å². The summed E-state index contributed by atoms with van der Waals surface area (Å²) in [4.78, 5) is 10.6. The van der Waals surface area contributed by atoms with Crippen molar-refractivity contribution in [2.75, 3.05) is 5.32 Å². The molecule has 0 fully saturated rings. The Morgan fingerprint density at radius 3 is 2.90 bits per heavy atom. The number of H-pyrrole nitrogens is 1. The van der Waals surface area contributed by atoms with Crippen molar-refractivity contribution in [3.05, 3.63) is 57.2 Å². The number of aromatic amines is 1. The summed E-state index contributed by atoms with van der Waals surface area (Å²) in [6, 6.07) is 10.4. The molecular formula is C13H9BrN4O2. The third kappa shape index (κ3) is 2.35. The Kier molecular flexibility index (Phi) is 3.11. The van der Waals surface area contributed by atoms with Crippen LogP contribution in [0.3, 0.4) is 0 Å². The topological polar surface area (TPSA) is 83.8 Å². The minimum absolute atomic E-state index is 0.0258. The van der Waals surface area contributed by atoms with E-state index in [0.717, 1.165) is 21.1 Å². The molecule has 0 aliphatic rings. The fourth-order valence-electron chi connectivity index (χ4n) is 1.94. The van der Waals surface area contributed by atoms with Crippen molar-refractivity contribution in [2.45, 2.75) is 0 Å². The zero-order valence-electron chi connectivity index (χ0n) is 10.1. The van der Waals surface area contributed by atoms with E-state index in [9.17, 15) is 10.1 Å². The summed E-state index contributed by atoms with van der Waals surface area (Å²) in [5.74, 6) is 0. The summed E-state index contributed by atoms with van der Waals surface area (Å²) in [6.07, 6.45) is 1.72. The van der Waals surface area contributed by atoms with Crippen LogP contribution < -0.4 is 5.32 Å². The fraction of sp³-hybridized carbons (Fsp3) is 0. The summed E-state index contributed by atoms with van der Waals surface area (Å²) in [6.45, 7) is 0.